The minimum atomic E-state index is -0.316. The van der Waals surface area contributed by atoms with Crippen LogP contribution in [-0.2, 0) is 0 Å². The summed E-state index contributed by atoms with van der Waals surface area (Å²) in [6.45, 7) is 3.65. The molecule has 148 valence electrons. The van der Waals surface area contributed by atoms with Gasteiger partial charge >= 0.3 is 0 Å². The van der Waals surface area contributed by atoms with Crippen molar-refractivity contribution in [1.82, 2.24) is 20.1 Å². The molecule has 2 amide bonds. The lowest BCUT2D eigenvalue weighted by Gasteiger charge is -2.11. The lowest BCUT2D eigenvalue weighted by Crippen LogP contribution is -2.25. The Balaban J connectivity index is 1.57. The minimum Gasteiger partial charge on any atom is -0.349 e. The second-order valence-corrected chi connectivity index (χ2v) is 7.50. The van der Waals surface area contributed by atoms with Crippen LogP contribution in [0.5, 0.6) is 0 Å². The number of amides is 2. The normalized spacial score (nSPS) is 13.2. The Labute approximate surface area is 173 Å². The molecule has 1 aliphatic carbocycles. The molecule has 1 fully saturated rings. The lowest BCUT2D eigenvalue weighted by molar-refractivity contribution is 0.0949. The number of hydrogen-bond acceptors (Lipinski definition) is 4. The van der Waals surface area contributed by atoms with Gasteiger partial charge in [0, 0.05) is 23.5 Å². The van der Waals surface area contributed by atoms with Gasteiger partial charge in [-0.3, -0.25) is 9.59 Å². The fraction of sp³-hybridized carbons (Fsp3) is 0.238. The SMILES string of the molecule is Cc1ccc(C(=O)NC2CC2)cc1NC(=O)c1cnn(-c2ncccc2Cl)c1C. The molecule has 0 aliphatic heterocycles. The van der Waals surface area contributed by atoms with Crippen molar-refractivity contribution in [3.63, 3.8) is 0 Å². The van der Waals surface area contributed by atoms with Crippen molar-refractivity contribution in [1.29, 1.82) is 0 Å². The number of hydrogen-bond donors (Lipinski definition) is 2. The highest BCUT2D eigenvalue weighted by molar-refractivity contribution is 6.32. The lowest BCUT2D eigenvalue weighted by atomic mass is 10.1. The maximum Gasteiger partial charge on any atom is 0.259 e. The van der Waals surface area contributed by atoms with E-state index in [9.17, 15) is 9.59 Å². The standard InChI is InChI=1S/C21H20ClN5O2/c1-12-5-6-14(20(28)25-15-7-8-15)10-18(12)26-21(29)16-11-24-27(13(16)2)19-17(22)4-3-9-23-19/h3-6,9-11,15H,7-8H2,1-2H3,(H,25,28)(H,26,29). The van der Waals surface area contributed by atoms with Crippen molar-refractivity contribution in [2.75, 3.05) is 5.32 Å². The molecule has 0 radical (unpaired) electrons. The van der Waals surface area contributed by atoms with Crippen LogP contribution in [0.4, 0.5) is 5.69 Å². The van der Waals surface area contributed by atoms with Crippen molar-refractivity contribution in [2.45, 2.75) is 32.7 Å². The van der Waals surface area contributed by atoms with Gasteiger partial charge in [0.1, 0.15) is 0 Å². The molecule has 0 bridgehead atoms. The van der Waals surface area contributed by atoms with Gasteiger partial charge in [0.15, 0.2) is 5.82 Å². The molecular weight excluding hydrogens is 390 g/mol. The molecule has 2 aromatic heterocycles. The van der Waals surface area contributed by atoms with Crippen LogP contribution in [0, 0.1) is 13.8 Å². The first kappa shape index (κ1) is 19.1. The summed E-state index contributed by atoms with van der Waals surface area (Å²) >= 11 is 6.20. The highest BCUT2D eigenvalue weighted by Crippen LogP contribution is 2.23. The molecule has 2 N–H and O–H groups in total. The summed E-state index contributed by atoms with van der Waals surface area (Å²) in [6, 6.07) is 8.99. The molecule has 0 saturated heterocycles. The molecule has 3 aromatic rings. The van der Waals surface area contributed by atoms with Crippen LogP contribution in [0.3, 0.4) is 0 Å². The van der Waals surface area contributed by atoms with E-state index in [1.54, 1.807) is 37.4 Å². The molecule has 2 heterocycles. The van der Waals surface area contributed by atoms with Gasteiger partial charge in [0.05, 0.1) is 22.5 Å². The van der Waals surface area contributed by atoms with E-state index in [2.05, 4.69) is 20.7 Å². The molecule has 4 rings (SSSR count). The second-order valence-electron chi connectivity index (χ2n) is 7.10. The Kier molecular flexibility index (Phi) is 5.07. The van der Waals surface area contributed by atoms with Crippen molar-refractivity contribution in [3.8, 4) is 5.82 Å². The molecule has 1 aliphatic rings. The Morgan fingerprint density at radius 2 is 1.97 bits per heavy atom. The first-order valence-corrected chi connectivity index (χ1v) is 9.70. The maximum atomic E-state index is 12.9. The monoisotopic (exact) mass is 409 g/mol. The predicted octanol–water partition coefficient (Wildman–Crippen LogP) is 3.68. The molecule has 1 aromatic carbocycles. The quantitative estimate of drug-likeness (QED) is 0.672. The first-order chi connectivity index (χ1) is 13.9. The Morgan fingerprint density at radius 1 is 1.17 bits per heavy atom. The fourth-order valence-corrected chi connectivity index (χ4v) is 3.16. The van der Waals surface area contributed by atoms with Crippen LogP contribution in [0.2, 0.25) is 5.02 Å². The van der Waals surface area contributed by atoms with E-state index in [0.717, 1.165) is 18.4 Å². The maximum absolute atomic E-state index is 12.9. The number of nitrogens with zero attached hydrogens (tertiary/aromatic N) is 3. The van der Waals surface area contributed by atoms with Gasteiger partial charge < -0.3 is 10.6 Å². The van der Waals surface area contributed by atoms with Gasteiger partial charge in [0.2, 0.25) is 0 Å². The number of aromatic nitrogens is 3. The molecular formula is C21H20ClN5O2. The average molecular weight is 410 g/mol. The van der Waals surface area contributed by atoms with Crippen LogP contribution in [0.15, 0.2) is 42.7 Å². The number of halogens is 1. The summed E-state index contributed by atoms with van der Waals surface area (Å²) in [5.41, 5.74) is 2.98. The van der Waals surface area contributed by atoms with Gasteiger partial charge in [-0.2, -0.15) is 5.10 Å². The summed E-state index contributed by atoms with van der Waals surface area (Å²) in [7, 11) is 0. The number of benzene rings is 1. The van der Waals surface area contributed by atoms with Gasteiger partial charge in [-0.25, -0.2) is 9.67 Å². The largest absolute Gasteiger partial charge is 0.349 e. The fourth-order valence-electron chi connectivity index (χ4n) is 2.96. The van der Waals surface area contributed by atoms with Gasteiger partial charge in [0.25, 0.3) is 11.8 Å². The number of carbonyl (C=O) groups excluding carboxylic acids is 2. The average Bonchev–Trinajstić information content (AvgIpc) is 3.43. The third-order valence-corrected chi connectivity index (χ3v) is 5.15. The molecule has 8 heteroatoms. The van der Waals surface area contributed by atoms with Gasteiger partial charge in [-0.15, -0.1) is 0 Å². The minimum absolute atomic E-state index is 0.128. The summed E-state index contributed by atoms with van der Waals surface area (Å²) < 4.78 is 1.53. The van der Waals surface area contributed by atoms with Gasteiger partial charge in [-0.1, -0.05) is 17.7 Å². The van der Waals surface area contributed by atoms with E-state index in [4.69, 9.17) is 11.6 Å². The van der Waals surface area contributed by atoms with E-state index in [1.807, 2.05) is 13.0 Å². The van der Waals surface area contributed by atoms with Crippen LogP contribution in [0.1, 0.15) is 44.8 Å². The smallest absolute Gasteiger partial charge is 0.259 e. The van der Waals surface area contributed by atoms with Gasteiger partial charge in [-0.05, 0) is 56.5 Å². The van der Waals surface area contributed by atoms with Crippen LogP contribution >= 0.6 is 11.6 Å². The van der Waals surface area contributed by atoms with Crippen molar-refractivity contribution >= 4 is 29.1 Å². The third kappa shape index (κ3) is 4.00. The zero-order chi connectivity index (χ0) is 20.5. The molecule has 29 heavy (non-hydrogen) atoms. The molecule has 1 saturated carbocycles. The number of pyridine rings is 1. The molecule has 0 spiro atoms. The number of carbonyl (C=O) groups is 2. The Morgan fingerprint density at radius 3 is 2.69 bits per heavy atom. The van der Waals surface area contributed by atoms with E-state index >= 15 is 0 Å². The van der Waals surface area contributed by atoms with Crippen LogP contribution in [0.25, 0.3) is 5.82 Å². The highest BCUT2D eigenvalue weighted by Gasteiger charge is 2.24. The summed E-state index contributed by atoms with van der Waals surface area (Å²) in [4.78, 5) is 29.4. The van der Waals surface area contributed by atoms with Crippen LogP contribution in [-0.4, -0.2) is 32.6 Å². The van der Waals surface area contributed by atoms with E-state index in [-0.39, 0.29) is 17.9 Å². The van der Waals surface area contributed by atoms with Crippen molar-refractivity contribution in [2.24, 2.45) is 0 Å². The zero-order valence-electron chi connectivity index (χ0n) is 16.1. The van der Waals surface area contributed by atoms with E-state index < -0.39 is 0 Å². The highest BCUT2D eigenvalue weighted by atomic mass is 35.5. The molecule has 0 atom stereocenters. The number of rotatable bonds is 5. The third-order valence-electron chi connectivity index (χ3n) is 4.85. The molecule has 7 nitrogen and oxygen atoms in total. The number of nitrogens with one attached hydrogen (secondary N) is 2. The predicted molar refractivity (Wildman–Crippen MR) is 111 cm³/mol. The number of aryl methyl sites for hydroxylation is 1. The first-order valence-electron chi connectivity index (χ1n) is 9.32. The Hall–Kier alpha value is -3.19. The topological polar surface area (TPSA) is 88.9 Å². The summed E-state index contributed by atoms with van der Waals surface area (Å²) in [6.07, 6.45) is 5.13. The Bertz CT molecular complexity index is 1100. The molecule has 0 unspecified atom stereocenters. The van der Waals surface area contributed by atoms with Crippen molar-refractivity contribution < 1.29 is 9.59 Å². The van der Waals surface area contributed by atoms with E-state index in [0.29, 0.717) is 33.3 Å². The zero-order valence-corrected chi connectivity index (χ0v) is 16.8. The van der Waals surface area contributed by atoms with Crippen molar-refractivity contribution in [3.05, 3.63) is 70.1 Å². The summed E-state index contributed by atoms with van der Waals surface area (Å²) in [5.74, 6) is 0.0149. The van der Waals surface area contributed by atoms with E-state index in [1.165, 1.54) is 10.9 Å². The van der Waals surface area contributed by atoms with Crippen LogP contribution < -0.4 is 10.6 Å². The second kappa shape index (κ2) is 7.67. The summed E-state index contributed by atoms with van der Waals surface area (Å²) in [5, 5.41) is 10.5. The number of anilines is 1.